The van der Waals surface area contributed by atoms with Gasteiger partial charge < -0.3 is 10.2 Å². The highest BCUT2D eigenvalue weighted by atomic mass is 19.4. The van der Waals surface area contributed by atoms with Crippen LogP contribution in [0.2, 0.25) is 0 Å². The second kappa shape index (κ2) is 6.82. The lowest BCUT2D eigenvalue weighted by Crippen LogP contribution is -2.26. The molecule has 28 heavy (non-hydrogen) atoms. The van der Waals surface area contributed by atoms with Crippen LogP contribution in [0, 0.1) is 6.92 Å². The smallest absolute Gasteiger partial charge is 0.340 e. The van der Waals surface area contributed by atoms with Gasteiger partial charge in [0, 0.05) is 23.5 Å². The lowest BCUT2D eigenvalue weighted by Gasteiger charge is -2.23. The minimum absolute atomic E-state index is 0.0334. The topological polar surface area (TPSA) is 41.1 Å². The first-order valence-corrected chi connectivity index (χ1v) is 8.99. The Morgan fingerprint density at radius 1 is 1.04 bits per heavy atom. The highest BCUT2D eigenvalue weighted by molar-refractivity contribution is 5.69. The largest absolute Gasteiger partial charge is 0.418 e. The number of halogens is 3. The monoisotopic (exact) mass is 384 g/mol. The van der Waals surface area contributed by atoms with E-state index in [9.17, 15) is 13.2 Å². The fourth-order valence-corrected chi connectivity index (χ4v) is 3.57. The SMILES string of the molecule is Cc1cc(Nc2ccccc2C(F)(F)F)nc(N2c3ccccc3CC2C)n1. The standard InChI is InChI=1S/C21H19F3N4/c1-13-11-19(26-17-9-5-4-8-16(17)21(22,23)24)27-20(25-13)28-14(2)12-15-7-3-6-10-18(15)28/h3-11,14H,12H2,1-2H3,(H,25,26,27). The maximum atomic E-state index is 13.3. The Morgan fingerprint density at radius 3 is 2.54 bits per heavy atom. The minimum Gasteiger partial charge on any atom is -0.340 e. The number of fused-ring (bicyclic) bond motifs is 1. The Balaban J connectivity index is 1.72. The van der Waals surface area contributed by atoms with E-state index in [1.54, 1.807) is 19.1 Å². The summed E-state index contributed by atoms with van der Waals surface area (Å²) in [7, 11) is 0. The van der Waals surface area contributed by atoms with Crippen molar-refractivity contribution in [1.82, 2.24) is 9.97 Å². The second-order valence-corrected chi connectivity index (χ2v) is 6.91. The van der Waals surface area contributed by atoms with Gasteiger partial charge in [0.2, 0.25) is 5.95 Å². The van der Waals surface area contributed by atoms with Crippen molar-refractivity contribution >= 4 is 23.1 Å². The fourth-order valence-electron chi connectivity index (χ4n) is 3.57. The molecule has 7 heteroatoms. The molecular formula is C21H19F3N4. The van der Waals surface area contributed by atoms with Gasteiger partial charge in [0.15, 0.2) is 0 Å². The first-order chi connectivity index (χ1) is 13.3. The van der Waals surface area contributed by atoms with Crippen LogP contribution in [0.1, 0.15) is 23.7 Å². The third-order valence-electron chi connectivity index (χ3n) is 4.76. The first kappa shape index (κ1) is 18.3. The Bertz CT molecular complexity index is 1020. The molecule has 0 saturated heterocycles. The number of rotatable bonds is 3. The molecule has 0 amide bonds. The van der Waals surface area contributed by atoms with Crippen LogP contribution in [-0.2, 0) is 12.6 Å². The molecule has 0 fully saturated rings. The average molecular weight is 384 g/mol. The maximum absolute atomic E-state index is 13.3. The van der Waals surface area contributed by atoms with E-state index in [-0.39, 0.29) is 11.7 Å². The number of nitrogens with zero attached hydrogens (tertiary/aromatic N) is 3. The van der Waals surface area contributed by atoms with E-state index in [0.717, 1.165) is 18.2 Å². The molecular weight excluding hydrogens is 365 g/mol. The summed E-state index contributed by atoms with van der Waals surface area (Å²) in [4.78, 5) is 11.1. The van der Waals surface area contributed by atoms with Gasteiger partial charge >= 0.3 is 6.18 Å². The summed E-state index contributed by atoms with van der Waals surface area (Å²) in [6.45, 7) is 3.89. The lowest BCUT2D eigenvalue weighted by molar-refractivity contribution is -0.136. The van der Waals surface area contributed by atoms with Crippen molar-refractivity contribution in [3.63, 3.8) is 0 Å². The molecule has 0 aliphatic carbocycles. The van der Waals surface area contributed by atoms with Gasteiger partial charge in [-0.2, -0.15) is 18.2 Å². The maximum Gasteiger partial charge on any atom is 0.418 e. The van der Waals surface area contributed by atoms with Gasteiger partial charge in [-0.15, -0.1) is 0 Å². The van der Waals surface area contributed by atoms with E-state index in [1.165, 1.54) is 17.7 Å². The van der Waals surface area contributed by atoms with Gasteiger partial charge in [0.05, 0.1) is 11.3 Å². The number of para-hydroxylation sites is 2. The molecule has 2 heterocycles. The molecule has 1 aliphatic rings. The van der Waals surface area contributed by atoms with Crippen molar-refractivity contribution in [1.29, 1.82) is 0 Å². The van der Waals surface area contributed by atoms with Gasteiger partial charge in [-0.1, -0.05) is 30.3 Å². The number of aromatic nitrogens is 2. The summed E-state index contributed by atoms with van der Waals surface area (Å²) in [6, 6.07) is 15.2. The van der Waals surface area contributed by atoms with Crippen molar-refractivity contribution in [2.24, 2.45) is 0 Å². The zero-order valence-electron chi connectivity index (χ0n) is 15.5. The van der Waals surface area contributed by atoms with Gasteiger partial charge in [-0.05, 0) is 44.0 Å². The molecule has 0 bridgehead atoms. The van der Waals surface area contributed by atoms with Crippen LogP contribution < -0.4 is 10.2 Å². The quantitative estimate of drug-likeness (QED) is 0.635. The van der Waals surface area contributed by atoms with Crippen molar-refractivity contribution in [2.75, 3.05) is 10.2 Å². The average Bonchev–Trinajstić information content (AvgIpc) is 2.96. The summed E-state index contributed by atoms with van der Waals surface area (Å²) in [5, 5.41) is 2.82. The summed E-state index contributed by atoms with van der Waals surface area (Å²) < 4.78 is 39.9. The van der Waals surface area contributed by atoms with Crippen molar-refractivity contribution in [3.8, 4) is 0 Å². The third kappa shape index (κ3) is 3.40. The lowest BCUT2D eigenvalue weighted by atomic mass is 10.1. The zero-order valence-corrected chi connectivity index (χ0v) is 15.5. The van der Waals surface area contributed by atoms with Crippen LogP contribution in [0.3, 0.4) is 0 Å². The molecule has 0 radical (unpaired) electrons. The second-order valence-electron chi connectivity index (χ2n) is 6.91. The Morgan fingerprint density at radius 2 is 1.75 bits per heavy atom. The summed E-state index contributed by atoms with van der Waals surface area (Å²) in [5.41, 5.74) is 2.15. The Hall–Kier alpha value is -3.09. The van der Waals surface area contributed by atoms with Crippen LogP contribution in [0.25, 0.3) is 0 Å². The van der Waals surface area contributed by atoms with Crippen LogP contribution in [0.15, 0.2) is 54.6 Å². The molecule has 4 nitrogen and oxygen atoms in total. The number of aryl methyl sites for hydroxylation is 1. The number of alkyl halides is 3. The molecule has 1 aromatic heterocycles. The molecule has 1 unspecified atom stereocenters. The summed E-state index contributed by atoms with van der Waals surface area (Å²) in [6.07, 6.45) is -3.58. The number of nitrogens with one attached hydrogen (secondary N) is 1. The number of hydrogen-bond acceptors (Lipinski definition) is 4. The van der Waals surface area contributed by atoms with E-state index in [2.05, 4.69) is 28.3 Å². The number of hydrogen-bond donors (Lipinski definition) is 1. The zero-order chi connectivity index (χ0) is 19.9. The highest BCUT2D eigenvalue weighted by Crippen LogP contribution is 2.38. The van der Waals surface area contributed by atoms with Crippen molar-refractivity contribution in [2.45, 2.75) is 32.5 Å². The molecule has 3 aromatic rings. The first-order valence-electron chi connectivity index (χ1n) is 8.99. The van der Waals surface area contributed by atoms with E-state index in [4.69, 9.17) is 0 Å². The molecule has 1 aliphatic heterocycles. The van der Waals surface area contributed by atoms with Crippen molar-refractivity contribution < 1.29 is 13.2 Å². The van der Waals surface area contributed by atoms with Gasteiger partial charge in [-0.25, -0.2) is 4.98 Å². The predicted molar refractivity (Wildman–Crippen MR) is 103 cm³/mol. The Labute approximate surface area is 161 Å². The minimum atomic E-state index is -4.45. The number of anilines is 4. The molecule has 1 N–H and O–H groups in total. The summed E-state index contributed by atoms with van der Waals surface area (Å²) in [5.74, 6) is 0.806. The molecule has 2 aromatic carbocycles. The van der Waals surface area contributed by atoms with Crippen LogP contribution >= 0.6 is 0 Å². The van der Waals surface area contributed by atoms with E-state index >= 15 is 0 Å². The molecule has 144 valence electrons. The summed E-state index contributed by atoms with van der Waals surface area (Å²) >= 11 is 0. The Kier molecular flexibility index (Phi) is 4.45. The van der Waals surface area contributed by atoms with E-state index in [0.29, 0.717) is 17.5 Å². The highest BCUT2D eigenvalue weighted by Gasteiger charge is 2.33. The fraction of sp³-hybridized carbons (Fsp3) is 0.238. The van der Waals surface area contributed by atoms with Crippen molar-refractivity contribution in [3.05, 3.63) is 71.4 Å². The molecule has 1 atom stereocenters. The number of benzene rings is 2. The van der Waals surface area contributed by atoms with E-state index in [1.807, 2.05) is 23.1 Å². The normalized spacial score (nSPS) is 16.2. The van der Waals surface area contributed by atoms with Crippen LogP contribution in [-0.4, -0.2) is 16.0 Å². The van der Waals surface area contributed by atoms with Gasteiger partial charge in [0.25, 0.3) is 0 Å². The molecule has 0 spiro atoms. The third-order valence-corrected chi connectivity index (χ3v) is 4.76. The predicted octanol–water partition coefficient (Wildman–Crippen LogP) is 5.63. The van der Waals surface area contributed by atoms with Gasteiger partial charge in [0.1, 0.15) is 5.82 Å². The van der Waals surface area contributed by atoms with E-state index < -0.39 is 11.7 Å². The molecule has 0 saturated carbocycles. The van der Waals surface area contributed by atoms with Gasteiger partial charge in [-0.3, -0.25) is 0 Å². The van der Waals surface area contributed by atoms with Crippen LogP contribution in [0.4, 0.5) is 36.3 Å². The van der Waals surface area contributed by atoms with Crippen LogP contribution in [0.5, 0.6) is 0 Å². The molecule has 4 rings (SSSR count).